The van der Waals surface area contributed by atoms with Gasteiger partial charge in [0.2, 0.25) is 0 Å². The van der Waals surface area contributed by atoms with Gasteiger partial charge in [0.1, 0.15) is 12.4 Å². The standard InChI is InChI=1S/C26H26N2O4/c1-3-8-20-13-14-24(25(16-20)30-2)32-19-26(29)28-27-17-22-11-7-12-23(15-22)31-18-21-9-5-4-6-10-21/h3-7,9-17H,1,8,18-19H2,2H3,(H,28,29)/b27-17-. The van der Waals surface area contributed by atoms with E-state index in [1.165, 1.54) is 0 Å². The smallest absolute Gasteiger partial charge is 0.277 e. The second-order valence-electron chi connectivity index (χ2n) is 6.91. The Labute approximate surface area is 188 Å². The fourth-order valence-corrected chi connectivity index (χ4v) is 2.90. The monoisotopic (exact) mass is 430 g/mol. The highest BCUT2D eigenvalue weighted by Gasteiger charge is 2.08. The third kappa shape index (κ3) is 7.02. The first kappa shape index (κ1) is 22.6. The van der Waals surface area contributed by atoms with Crippen molar-refractivity contribution in [1.82, 2.24) is 5.43 Å². The van der Waals surface area contributed by atoms with Crippen molar-refractivity contribution in [3.63, 3.8) is 0 Å². The highest BCUT2D eigenvalue weighted by molar-refractivity contribution is 5.83. The summed E-state index contributed by atoms with van der Waals surface area (Å²) in [5.74, 6) is 1.39. The molecule has 0 heterocycles. The minimum Gasteiger partial charge on any atom is -0.493 e. The Morgan fingerprint density at radius 2 is 1.81 bits per heavy atom. The van der Waals surface area contributed by atoms with Crippen LogP contribution in [0.4, 0.5) is 0 Å². The molecular formula is C26H26N2O4. The van der Waals surface area contributed by atoms with Crippen molar-refractivity contribution in [2.45, 2.75) is 13.0 Å². The van der Waals surface area contributed by atoms with Gasteiger partial charge in [0.05, 0.1) is 13.3 Å². The second-order valence-corrected chi connectivity index (χ2v) is 6.91. The minimum absolute atomic E-state index is 0.186. The summed E-state index contributed by atoms with van der Waals surface area (Å²) in [6, 6.07) is 22.9. The van der Waals surface area contributed by atoms with E-state index in [9.17, 15) is 4.79 Å². The SMILES string of the molecule is C=CCc1ccc(OCC(=O)N/N=C\c2cccc(OCc3ccccc3)c2)c(OC)c1. The molecule has 6 nitrogen and oxygen atoms in total. The van der Waals surface area contributed by atoms with Gasteiger partial charge in [0, 0.05) is 0 Å². The Morgan fingerprint density at radius 1 is 0.969 bits per heavy atom. The lowest BCUT2D eigenvalue weighted by atomic mass is 10.1. The van der Waals surface area contributed by atoms with Gasteiger partial charge in [0.15, 0.2) is 18.1 Å². The zero-order valence-electron chi connectivity index (χ0n) is 18.0. The molecule has 0 fully saturated rings. The van der Waals surface area contributed by atoms with Gasteiger partial charge in [-0.25, -0.2) is 5.43 Å². The van der Waals surface area contributed by atoms with Crippen LogP contribution in [0.15, 0.2) is 90.6 Å². The normalized spacial score (nSPS) is 10.5. The molecule has 3 rings (SSSR count). The number of nitrogens with one attached hydrogen (secondary N) is 1. The van der Waals surface area contributed by atoms with Gasteiger partial charge in [-0.05, 0) is 47.4 Å². The number of methoxy groups -OCH3 is 1. The highest BCUT2D eigenvalue weighted by Crippen LogP contribution is 2.28. The van der Waals surface area contributed by atoms with Gasteiger partial charge in [-0.3, -0.25) is 4.79 Å². The molecule has 0 radical (unpaired) electrons. The number of hydrogen-bond donors (Lipinski definition) is 1. The molecule has 3 aromatic rings. The number of hydrazone groups is 1. The van der Waals surface area contributed by atoms with Crippen LogP contribution in [0, 0.1) is 0 Å². The number of benzene rings is 3. The van der Waals surface area contributed by atoms with Crippen molar-refractivity contribution in [1.29, 1.82) is 0 Å². The van der Waals surface area contributed by atoms with Gasteiger partial charge < -0.3 is 14.2 Å². The molecule has 0 saturated heterocycles. The van der Waals surface area contributed by atoms with Crippen LogP contribution in [0.3, 0.4) is 0 Å². The van der Waals surface area contributed by atoms with Crippen LogP contribution in [0.2, 0.25) is 0 Å². The Bertz CT molecular complexity index is 1060. The molecule has 6 heteroatoms. The van der Waals surface area contributed by atoms with E-state index in [2.05, 4.69) is 17.1 Å². The van der Waals surface area contributed by atoms with Crippen molar-refractivity contribution >= 4 is 12.1 Å². The van der Waals surface area contributed by atoms with E-state index in [0.29, 0.717) is 18.1 Å². The lowest BCUT2D eigenvalue weighted by molar-refractivity contribution is -0.123. The molecule has 0 spiro atoms. The average molecular weight is 431 g/mol. The molecule has 0 aromatic heterocycles. The lowest BCUT2D eigenvalue weighted by Crippen LogP contribution is -2.24. The Hall–Kier alpha value is -4.06. The summed E-state index contributed by atoms with van der Waals surface area (Å²) in [6.45, 7) is 4.02. The van der Waals surface area contributed by atoms with E-state index < -0.39 is 0 Å². The molecule has 32 heavy (non-hydrogen) atoms. The van der Waals surface area contributed by atoms with Crippen molar-refractivity contribution in [2.24, 2.45) is 5.10 Å². The Balaban J connectivity index is 1.48. The van der Waals surface area contributed by atoms with Crippen LogP contribution < -0.4 is 19.6 Å². The number of ether oxygens (including phenoxy) is 3. The molecular weight excluding hydrogens is 404 g/mol. The predicted octanol–water partition coefficient (Wildman–Crippen LogP) is 4.53. The van der Waals surface area contributed by atoms with E-state index in [1.54, 1.807) is 19.4 Å². The molecule has 0 aliphatic rings. The molecule has 0 unspecified atom stereocenters. The lowest BCUT2D eigenvalue weighted by Gasteiger charge is -2.11. The quantitative estimate of drug-likeness (QED) is 0.276. The zero-order chi connectivity index (χ0) is 22.6. The summed E-state index contributed by atoms with van der Waals surface area (Å²) >= 11 is 0. The van der Waals surface area contributed by atoms with Crippen molar-refractivity contribution < 1.29 is 19.0 Å². The van der Waals surface area contributed by atoms with E-state index in [4.69, 9.17) is 14.2 Å². The summed E-state index contributed by atoms with van der Waals surface area (Å²) in [5.41, 5.74) is 5.40. The van der Waals surface area contributed by atoms with Crippen LogP contribution in [0.25, 0.3) is 0 Å². The topological polar surface area (TPSA) is 69.2 Å². The summed E-state index contributed by atoms with van der Waals surface area (Å²) in [6.07, 6.45) is 4.09. The fraction of sp³-hybridized carbons (Fsp3) is 0.154. The first-order chi connectivity index (χ1) is 15.7. The van der Waals surface area contributed by atoms with E-state index >= 15 is 0 Å². The first-order valence-corrected chi connectivity index (χ1v) is 10.2. The van der Waals surface area contributed by atoms with Crippen molar-refractivity contribution in [3.8, 4) is 17.2 Å². The fourth-order valence-electron chi connectivity index (χ4n) is 2.90. The number of nitrogens with zero attached hydrogens (tertiary/aromatic N) is 1. The second kappa shape index (κ2) is 12.0. The maximum absolute atomic E-state index is 12.1. The third-order valence-electron chi connectivity index (χ3n) is 4.48. The van der Waals surface area contributed by atoms with Crippen LogP contribution >= 0.6 is 0 Å². The maximum Gasteiger partial charge on any atom is 0.277 e. The Morgan fingerprint density at radius 3 is 2.59 bits per heavy atom. The van der Waals surface area contributed by atoms with Crippen molar-refractivity contribution in [3.05, 3.63) is 102 Å². The maximum atomic E-state index is 12.1. The van der Waals surface area contributed by atoms with Gasteiger partial charge in [-0.2, -0.15) is 5.10 Å². The molecule has 164 valence electrons. The van der Waals surface area contributed by atoms with E-state index in [0.717, 1.165) is 28.9 Å². The number of carbonyl (C=O) groups excluding carboxylic acids is 1. The zero-order valence-corrected chi connectivity index (χ0v) is 18.0. The summed E-state index contributed by atoms with van der Waals surface area (Å²) in [5, 5.41) is 3.99. The van der Waals surface area contributed by atoms with Gasteiger partial charge in [0.25, 0.3) is 5.91 Å². The van der Waals surface area contributed by atoms with Crippen LogP contribution in [0.1, 0.15) is 16.7 Å². The summed E-state index contributed by atoms with van der Waals surface area (Å²) in [4.78, 5) is 12.1. The molecule has 3 aromatic carbocycles. The number of allylic oxidation sites excluding steroid dienone is 1. The van der Waals surface area contributed by atoms with Crippen LogP contribution in [0.5, 0.6) is 17.2 Å². The third-order valence-corrected chi connectivity index (χ3v) is 4.48. The molecule has 1 N–H and O–H groups in total. The number of carbonyl (C=O) groups is 1. The number of rotatable bonds is 11. The van der Waals surface area contributed by atoms with Crippen LogP contribution in [-0.4, -0.2) is 25.8 Å². The van der Waals surface area contributed by atoms with E-state index in [1.807, 2.05) is 72.8 Å². The van der Waals surface area contributed by atoms with Gasteiger partial charge in [-0.1, -0.05) is 54.6 Å². The number of amides is 1. The average Bonchev–Trinajstić information content (AvgIpc) is 2.83. The molecule has 0 aliphatic heterocycles. The van der Waals surface area contributed by atoms with Gasteiger partial charge >= 0.3 is 0 Å². The molecule has 0 saturated carbocycles. The molecule has 0 bridgehead atoms. The van der Waals surface area contributed by atoms with Gasteiger partial charge in [-0.15, -0.1) is 6.58 Å². The summed E-state index contributed by atoms with van der Waals surface area (Å²) in [7, 11) is 1.56. The van der Waals surface area contributed by atoms with Crippen LogP contribution in [-0.2, 0) is 17.8 Å². The van der Waals surface area contributed by atoms with Crippen molar-refractivity contribution in [2.75, 3.05) is 13.7 Å². The first-order valence-electron chi connectivity index (χ1n) is 10.2. The molecule has 1 amide bonds. The largest absolute Gasteiger partial charge is 0.493 e. The molecule has 0 atom stereocenters. The van der Waals surface area contributed by atoms with E-state index in [-0.39, 0.29) is 12.5 Å². The Kier molecular flexibility index (Phi) is 8.45. The predicted molar refractivity (Wildman–Crippen MR) is 125 cm³/mol. The number of hydrogen-bond acceptors (Lipinski definition) is 5. The molecule has 0 aliphatic carbocycles. The summed E-state index contributed by atoms with van der Waals surface area (Å²) < 4.78 is 16.7. The highest BCUT2D eigenvalue weighted by atomic mass is 16.5. The minimum atomic E-state index is -0.380.